The lowest BCUT2D eigenvalue weighted by atomic mass is 10.0. The highest BCUT2D eigenvalue weighted by atomic mass is 32.2. The second-order valence-electron chi connectivity index (χ2n) is 4.61. The van der Waals surface area contributed by atoms with Crippen molar-refractivity contribution in [2.45, 2.75) is 38.6 Å². The molecule has 2 N–H and O–H groups in total. The van der Waals surface area contributed by atoms with Gasteiger partial charge in [0.1, 0.15) is 0 Å². The third-order valence-electron chi connectivity index (χ3n) is 3.46. The van der Waals surface area contributed by atoms with Crippen LogP contribution in [0.2, 0.25) is 0 Å². The smallest absolute Gasteiger partial charge is 0.0226 e. The minimum absolute atomic E-state index is 0.638. The van der Waals surface area contributed by atoms with Crippen LogP contribution in [-0.2, 0) is 0 Å². The number of hydrogen-bond donors (Lipinski definition) is 1. The number of likely N-dealkylation sites (tertiary alicyclic amines) is 1. The summed E-state index contributed by atoms with van der Waals surface area (Å²) in [6.45, 7) is 5.70. The van der Waals surface area contributed by atoms with Gasteiger partial charge in [-0.2, -0.15) is 11.8 Å². The van der Waals surface area contributed by atoms with Crippen molar-refractivity contribution in [2.75, 3.05) is 31.6 Å². The molecule has 2 nitrogen and oxygen atoms in total. The average molecular weight is 230 g/mol. The predicted octanol–water partition coefficient (Wildman–Crippen LogP) is 2.19. The third kappa shape index (κ3) is 4.33. The Labute approximate surface area is 99.0 Å². The van der Waals surface area contributed by atoms with Crippen LogP contribution in [0.25, 0.3) is 0 Å². The van der Waals surface area contributed by atoms with E-state index in [0.717, 1.165) is 12.5 Å². The maximum Gasteiger partial charge on any atom is 0.0226 e. The molecule has 0 radical (unpaired) electrons. The molecule has 1 aliphatic rings. The van der Waals surface area contributed by atoms with E-state index in [1.54, 1.807) is 0 Å². The molecule has 0 spiro atoms. The first-order chi connectivity index (χ1) is 7.31. The number of nitrogens with zero attached hydrogens (tertiary/aromatic N) is 1. The van der Waals surface area contributed by atoms with Crippen LogP contribution in [0.4, 0.5) is 0 Å². The molecule has 0 amide bonds. The maximum atomic E-state index is 5.86. The molecule has 1 rings (SSSR count). The van der Waals surface area contributed by atoms with Gasteiger partial charge in [-0.1, -0.05) is 13.3 Å². The SMILES string of the molecule is CCCC1CCN(C(CN)CCSC)C1. The molecule has 1 heterocycles. The minimum Gasteiger partial charge on any atom is -0.329 e. The topological polar surface area (TPSA) is 29.3 Å². The fourth-order valence-electron chi connectivity index (χ4n) is 2.54. The first kappa shape index (κ1) is 13.3. The number of thioether (sulfide) groups is 1. The molecule has 1 aliphatic heterocycles. The van der Waals surface area contributed by atoms with Gasteiger partial charge in [0, 0.05) is 19.1 Å². The van der Waals surface area contributed by atoms with E-state index in [4.69, 9.17) is 5.73 Å². The van der Waals surface area contributed by atoms with Gasteiger partial charge in [-0.3, -0.25) is 4.90 Å². The number of rotatable bonds is 7. The predicted molar refractivity (Wildman–Crippen MR) is 70.4 cm³/mol. The Morgan fingerprint density at radius 1 is 1.53 bits per heavy atom. The zero-order valence-electron chi connectivity index (χ0n) is 10.2. The van der Waals surface area contributed by atoms with Crippen molar-refractivity contribution in [1.82, 2.24) is 4.90 Å². The van der Waals surface area contributed by atoms with Crippen molar-refractivity contribution in [2.24, 2.45) is 11.7 Å². The van der Waals surface area contributed by atoms with Crippen LogP contribution in [-0.4, -0.2) is 42.6 Å². The lowest BCUT2D eigenvalue weighted by Crippen LogP contribution is -2.39. The third-order valence-corrected chi connectivity index (χ3v) is 4.10. The van der Waals surface area contributed by atoms with E-state index in [-0.39, 0.29) is 0 Å². The number of nitrogens with two attached hydrogens (primary N) is 1. The Morgan fingerprint density at radius 3 is 2.93 bits per heavy atom. The van der Waals surface area contributed by atoms with E-state index in [1.165, 1.54) is 44.5 Å². The van der Waals surface area contributed by atoms with Gasteiger partial charge in [0.15, 0.2) is 0 Å². The molecule has 3 heteroatoms. The quantitative estimate of drug-likeness (QED) is 0.727. The van der Waals surface area contributed by atoms with Gasteiger partial charge < -0.3 is 5.73 Å². The molecule has 15 heavy (non-hydrogen) atoms. The van der Waals surface area contributed by atoms with Crippen molar-refractivity contribution < 1.29 is 0 Å². The van der Waals surface area contributed by atoms with Crippen LogP contribution in [0.3, 0.4) is 0 Å². The summed E-state index contributed by atoms with van der Waals surface area (Å²) < 4.78 is 0. The molecule has 0 aromatic rings. The zero-order valence-corrected chi connectivity index (χ0v) is 11.1. The summed E-state index contributed by atoms with van der Waals surface area (Å²) in [5.41, 5.74) is 5.86. The summed E-state index contributed by atoms with van der Waals surface area (Å²) in [5.74, 6) is 2.19. The van der Waals surface area contributed by atoms with E-state index in [2.05, 4.69) is 18.1 Å². The maximum absolute atomic E-state index is 5.86. The fourth-order valence-corrected chi connectivity index (χ4v) is 3.05. The molecule has 0 aliphatic carbocycles. The first-order valence-corrected chi connectivity index (χ1v) is 7.64. The Balaban J connectivity index is 2.29. The first-order valence-electron chi connectivity index (χ1n) is 6.24. The van der Waals surface area contributed by atoms with Gasteiger partial charge in [0.2, 0.25) is 0 Å². The van der Waals surface area contributed by atoms with Crippen LogP contribution in [0, 0.1) is 5.92 Å². The highest BCUT2D eigenvalue weighted by Crippen LogP contribution is 2.23. The van der Waals surface area contributed by atoms with Crippen LogP contribution >= 0.6 is 11.8 Å². The van der Waals surface area contributed by atoms with Gasteiger partial charge in [-0.15, -0.1) is 0 Å². The lowest BCUT2D eigenvalue weighted by Gasteiger charge is -2.26. The van der Waals surface area contributed by atoms with Crippen molar-refractivity contribution in [3.05, 3.63) is 0 Å². The monoisotopic (exact) mass is 230 g/mol. The molecule has 0 aromatic heterocycles. The summed E-state index contributed by atoms with van der Waals surface area (Å²) >= 11 is 1.93. The van der Waals surface area contributed by atoms with Gasteiger partial charge in [-0.05, 0) is 43.7 Å². The molecule has 90 valence electrons. The van der Waals surface area contributed by atoms with Gasteiger partial charge in [0.25, 0.3) is 0 Å². The highest BCUT2D eigenvalue weighted by Gasteiger charge is 2.26. The van der Waals surface area contributed by atoms with E-state index >= 15 is 0 Å². The van der Waals surface area contributed by atoms with Crippen LogP contribution in [0.1, 0.15) is 32.6 Å². The van der Waals surface area contributed by atoms with Crippen molar-refractivity contribution in [1.29, 1.82) is 0 Å². The van der Waals surface area contributed by atoms with Gasteiger partial charge in [0.05, 0.1) is 0 Å². The average Bonchev–Trinajstić information content (AvgIpc) is 2.68. The molecular formula is C12H26N2S. The molecule has 2 atom stereocenters. The minimum atomic E-state index is 0.638. The standard InChI is InChI=1S/C12H26N2S/c1-3-4-11-5-7-14(10-11)12(9-13)6-8-15-2/h11-12H,3-10,13H2,1-2H3. The Hall–Kier alpha value is 0.270. The van der Waals surface area contributed by atoms with E-state index in [1.807, 2.05) is 11.8 Å². The van der Waals surface area contributed by atoms with Crippen LogP contribution in [0.15, 0.2) is 0 Å². The fraction of sp³-hybridized carbons (Fsp3) is 1.00. The summed E-state index contributed by atoms with van der Waals surface area (Å²) in [6, 6.07) is 0.638. The van der Waals surface area contributed by atoms with E-state index in [9.17, 15) is 0 Å². The van der Waals surface area contributed by atoms with E-state index < -0.39 is 0 Å². The largest absolute Gasteiger partial charge is 0.329 e. The summed E-state index contributed by atoms with van der Waals surface area (Å²) in [6.07, 6.45) is 7.56. The Kier molecular flexibility index (Phi) is 6.69. The molecular weight excluding hydrogens is 204 g/mol. The summed E-state index contributed by atoms with van der Waals surface area (Å²) in [7, 11) is 0. The number of hydrogen-bond acceptors (Lipinski definition) is 3. The lowest BCUT2D eigenvalue weighted by molar-refractivity contribution is 0.232. The van der Waals surface area contributed by atoms with Crippen LogP contribution < -0.4 is 5.73 Å². The second-order valence-corrected chi connectivity index (χ2v) is 5.59. The van der Waals surface area contributed by atoms with Gasteiger partial charge >= 0.3 is 0 Å². The molecule has 2 unspecified atom stereocenters. The molecule has 0 bridgehead atoms. The van der Waals surface area contributed by atoms with Crippen molar-refractivity contribution >= 4 is 11.8 Å². The second kappa shape index (κ2) is 7.53. The Bertz CT molecular complexity index is 164. The summed E-state index contributed by atoms with van der Waals surface area (Å²) in [4.78, 5) is 2.62. The molecule has 0 aromatic carbocycles. The van der Waals surface area contributed by atoms with Gasteiger partial charge in [-0.25, -0.2) is 0 Å². The van der Waals surface area contributed by atoms with E-state index in [0.29, 0.717) is 6.04 Å². The Morgan fingerprint density at radius 2 is 2.33 bits per heavy atom. The molecule has 0 saturated carbocycles. The van der Waals surface area contributed by atoms with Crippen LogP contribution in [0.5, 0.6) is 0 Å². The van der Waals surface area contributed by atoms with Crippen molar-refractivity contribution in [3.63, 3.8) is 0 Å². The molecule has 1 saturated heterocycles. The highest BCUT2D eigenvalue weighted by molar-refractivity contribution is 7.98. The molecule has 1 fully saturated rings. The van der Waals surface area contributed by atoms with Crippen molar-refractivity contribution in [3.8, 4) is 0 Å². The zero-order chi connectivity index (χ0) is 11.1. The summed E-state index contributed by atoms with van der Waals surface area (Å²) in [5, 5.41) is 0. The normalized spacial score (nSPS) is 24.6.